The van der Waals surface area contributed by atoms with E-state index in [-0.39, 0.29) is 17.9 Å². The molecule has 0 fully saturated rings. The first-order valence-corrected chi connectivity index (χ1v) is 14.6. The highest BCUT2D eigenvalue weighted by Crippen LogP contribution is 2.45. The van der Waals surface area contributed by atoms with Crippen molar-refractivity contribution in [3.8, 4) is 23.8 Å². The highest BCUT2D eigenvalue weighted by Gasteiger charge is 2.33. The van der Waals surface area contributed by atoms with Crippen molar-refractivity contribution in [3.05, 3.63) is 66.6 Å². The summed E-state index contributed by atoms with van der Waals surface area (Å²) in [6.07, 6.45) is 9.98. The second-order valence-corrected chi connectivity index (χ2v) is 12.9. The molecular formula is C30H30ClIN2O3S. The lowest BCUT2D eigenvalue weighted by Crippen LogP contribution is -2.27. The molecule has 0 radical (unpaired) electrons. The number of nitrogens with one attached hydrogen (secondary N) is 1. The first kappa shape index (κ1) is 28.5. The quantitative estimate of drug-likeness (QED) is 0.158. The van der Waals surface area contributed by atoms with Crippen molar-refractivity contribution in [3.63, 3.8) is 0 Å². The molecule has 38 heavy (non-hydrogen) atoms. The minimum absolute atomic E-state index is 0.155. The summed E-state index contributed by atoms with van der Waals surface area (Å²) in [6, 6.07) is 10.9. The Labute approximate surface area is 247 Å². The number of aliphatic imine (C=N–C) groups is 1. The van der Waals surface area contributed by atoms with Gasteiger partial charge in [-0.3, -0.25) is 4.79 Å². The molecule has 0 aliphatic heterocycles. The fourth-order valence-corrected chi connectivity index (χ4v) is 6.74. The van der Waals surface area contributed by atoms with Gasteiger partial charge in [-0.2, -0.15) is 0 Å². The van der Waals surface area contributed by atoms with Gasteiger partial charge in [-0.15, -0.1) is 17.8 Å². The van der Waals surface area contributed by atoms with Crippen molar-refractivity contribution in [2.75, 3.05) is 19.0 Å². The van der Waals surface area contributed by atoms with Crippen molar-refractivity contribution in [2.45, 2.75) is 40.0 Å². The summed E-state index contributed by atoms with van der Waals surface area (Å²) in [5.41, 5.74) is 3.49. The molecule has 0 spiro atoms. The van der Waals surface area contributed by atoms with E-state index in [0.29, 0.717) is 38.7 Å². The molecule has 1 atom stereocenters. The van der Waals surface area contributed by atoms with Crippen molar-refractivity contribution in [1.29, 1.82) is 0 Å². The molecule has 8 heteroatoms. The van der Waals surface area contributed by atoms with Crippen LogP contribution in [0.15, 0.2) is 41.4 Å². The zero-order chi connectivity index (χ0) is 27.4. The first-order valence-electron chi connectivity index (χ1n) is 12.3. The Morgan fingerprint density at radius 3 is 2.71 bits per heavy atom. The van der Waals surface area contributed by atoms with E-state index in [1.54, 1.807) is 48.9 Å². The van der Waals surface area contributed by atoms with E-state index >= 15 is 0 Å². The number of terminal acetylenes is 1. The summed E-state index contributed by atoms with van der Waals surface area (Å²) in [5.74, 6) is 4.06. The maximum absolute atomic E-state index is 13.6. The number of methoxy groups -OCH3 is 1. The molecule has 1 amide bonds. The van der Waals surface area contributed by atoms with Gasteiger partial charge in [0.1, 0.15) is 11.6 Å². The zero-order valence-corrected chi connectivity index (χ0v) is 25.6. The molecular weight excluding hydrogens is 631 g/mol. The number of rotatable bonds is 7. The predicted octanol–water partition coefficient (Wildman–Crippen LogP) is 8.18. The van der Waals surface area contributed by atoms with Gasteiger partial charge in [-0.1, -0.05) is 38.3 Å². The molecule has 1 aliphatic carbocycles. The van der Waals surface area contributed by atoms with Crippen LogP contribution in [0.2, 0.25) is 5.02 Å². The van der Waals surface area contributed by atoms with E-state index in [9.17, 15) is 4.79 Å². The van der Waals surface area contributed by atoms with Crippen LogP contribution in [0.1, 0.15) is 53.6 Å². The van der Waals surface area contributed by atoms with Crippen LogP contribution in [0.3, 0.4) is 0 Å². The number of hydrogen-bond acceptors (Lipinski definition) is 5. The fraction of sp³-hybridized carbons (Fsp3) is 0.333. The number of thiophene rings is 1. The van der Waals surface area contributed by atoms with E-state index in [0.717, 1.165) is 34.0 Å². The Morgan fingerprint density at radius 2 is 2.05 bits per heavy atom. The van der Waals surface area contributed by atoms with E-state index < -0.39 is 0 Å². The molecule has 2 aromatic carbocycles. The lowest BCUT2D eigenvalue weighted by atomic mass is 9.72. The van der Waals surface area contributed by atoms with Gasteiger partial charge in [-0.05, 0) is 101 Å². The minimum Gasteiger partial charge on any atom is -0.493 e. The number of anilines is 1. The molecule has 3 aromatic rings. The second kappa shape index (κ2) is 12.1. The zero-order valence-electron chi connectivity index (χ0n) is 21.9. The third kappa shape index (κ3) is 6.53. The number of ether oxygens (including phenoxy) is 2. The monoisotopic (exact) mass is 660 g/mol. The summed E-state index contributed by atoms with van der Waals surface area (Å²) in [4.78, 5) is 19.7. The maximum Gasteiger partial charge on any atom is 0.259 e. The summed E-state index contributed by atoms with van der Waals surface area (Å²) in [6.45, 7) is 7.02. The molecule has 198 valence electrons. The lowest BCUT2D eigenvalue weighted by Gasteiger charge is -2.33. The fourth-order valence-electron chi connectivity index (χ4n) is 4.56. The smallest absolute Gasteiger partial charge is 0.259 e. The average Bonchev–Trinajstić information content (AvgIpc) is 3.25. The summed E-state index contributed by atoms with van der Waals surface area (Å²) in [5, 5.41) is 4.36. The van der Waals surface area contributed by atoms with Gasteiger partial charge in [0.2, 0.25) is 0 Å². The second-order valence-electron chi connectivity index (χ2n) is 10.2. The largest absolute Gasteiger partial charge is 0.493 e. The van der Waals surface area contributed by atoms with Gasteiger partial charge < -0.3 is 14.8 Å². The molecule has 1 N–H and O–H groups in total. The number of fused-ring (bicyclic) bond motifs is 1. The predicted molar refractivity (Wildman–Crippen MR) is 166 cm³/mol. The Hall–Kier alpha value is -2.54. The molecule has 5 nitrogen and oxygen atoms in total. The molecule has 4 rings (SSSR count). The standard InChI is InChI=1S/C30H30ClIN2O3S/c1-6-13-37-27-23(32)14-18(15-24(27)36-5)17-33-29-26(28(35)34-21-10-8-20(31)9-11-21)22-12-7-19(30(2,3)4)16-25(22)38-29/h1,8-11,14-15,17,19H,7,12-13,16H2,2-5H3,(H,34,35)/t19-/m1/s1. The number of nitrogens with zero attached hydrogens (tertiary/aromatic N) is 1. The normalized spacial score (nSPS) is 15.1. The molecule has 0 bridgehead atoms. The van der Waals surface area contributed by atoms with E-state index in [4.69, 9.17) is 32.5 Å². The average molecular weight is 661 g/mol. The van der Waals surface area contributed by atoms with E-state index in [1.807, 2.05) is 12.1 Å². The third-order valence-electron chi connectivity index (χ3n) is 6.68. The molecule has 1 aromatic heterocycles. The van der Waals surface area contributed by atoms with Crippen LogP contribution < -0.4 is 14.8 Å². The number of amides is 1. The van der Waals surface area contributed by atoms with Crippen LogP contribution in [-0.2, 0) is 12.8 Å². The van der Waals surface area contributed by atoms with Gasteiger partial charge in [0, 0.05) is 21.8 Å². The Kier molecular flexibility index (Phi) is 9.07. The molecule has 1 aliphatic rings. The molecule has 0 saturated heterocycles. The molecule has 1 heterocycles. The topological polar surface area (TPSA) is 59.9 Å². The van der Waals surface area contributed by atoms with Gasteiger partial charge in [0.05, 0.1) is 16.2 Å². The van der Waals surface area contributed by atoms with Gasteiger partial charge in [0.25, 0.3) is 5.91 Å². The number of carbonyl (C=O) groups excluding carboxylic acids is 1. The molecule has 0 saturated carbocycles. The van der Waals surface area contributed by atoms with Gasteiger partial charge >= 0.3 is 0 Å². The van der Waals surface area contributed by atoms with Crippen LogP contribution in [0.4, 0.5) is 10.7 Å². The Balaban J connectivity index is 1.70. The van der Waals surface area contributed by atoms with Crippen molar-refractivity contribution in [1.82, 2.24) is 0 Å². The van der Waals surface area contributed by atoms with Gasteiger partial charge in [-0.25, -0.2) is 4.99 Å². The van der Waals surface area contributed by atoms with Crippen LogP contribution in [0.5, 0.6) is 11.5 Å². The number of benzene rings is 2. The summed E-state index contributed by atoms with van der Waals surface area (Å²) in [7, 11) is 1.59. The van der Waals surface area contributed by atoms with Crippen LogP contribution in [-0.4, -0.2) is 25.8 Å². The number of halogens is 2. The highest BCUT2D eigenvalue weighted by atomic mass is 127. The number of hydrogen-bond donors (Lipinski definition) is 1. The van der Waals surface area contributed by atoms with Crippen LogP contribution in [0, 0.1) is 27.2 Å². The summed E-state index contributed by atoms with van der Waals surface area (Å²) < 4.78 is 12.1. The van der Waals surface area contributed by atoms with Crippen molar-refractivity contribution < 1.29 is 14.3 Å². The van der Waals surface area contributed by atoms with E-state index in [1.165, 1.54) is 4.88 Å². The number of carbonyl (C=O) groups is 1. The lowest BCUT2D eigenvalue weighted by molar-refractivity contribution is 0.102. The minimum atomic E-state index is -0.156. The Morgan fingerprint density at radius 1 is 1.32 bits per heavy atom. The van der Waals surface area contributed by atoms with Crippen LogP contribution in [0.25, 0.3) is 0 Å². The maximum atomic E-state index is 13.6. The third-order valence-corrected chi connectivity index (χ3v) is 8.90. The highest BCUT2D eigenvalue weighted by molar-refractivity contribution is 14.1. The molecule has 0 unspecified atom stereocenters. The Bertz CT molecular complexity index is 1400. The first-order chi connectivity index (χ1) is 18.1. The SMILES string of the molecule is C#CCOc1c(I)cc(C=Nc2sc3c(c2C(=O)Nc2ccc(Cl)cc2)CC[C@@H](C(C)(C)C)C3)cc1OC. The summed E-state index contributed by atoms with van der Waals surface area (Å²) >= 11 is 9.83. The van der Waals surface area contributed by atoms with Crippen LogP contribution >= 0.6 is 45.5 Å². The van der Waals surface area contributed by atoms with Gasteiger partial charge in [0.15, 0.2) is 11.5 Å². The van der Waals surface area contributed by atoms with Crippen molar-refractivity contribution >= 4 is 68.3 Å². The van der Waals surface area contributed by atoms with E-state index in [2.05, 4.69) is 54.6 Å². The van der Waals surface area contributed by atoms with Crippen molar-refractivity contribution in [2.24, 2.45) is 16.3 Å².